The zero-order valence-corrected chi connectivity index (χ0v) is 21.1. The van der Waals surface area contributed by atoms with Crippen LogP contribution in [0.25, 0.3) is 0 Å². The van der Waals surface area contributed by atoms with Crippen LogP contribution >= 0.6 is 0 Å². The SMILES string of the molecule is CC(C)(C)c1cc(C(=O)ON2C(=O)CCC2=O)cc(C(C)(C)C)c1OCCOCCOCCO. The number of benzene rings is 1. The van der Waals surface area contributed by atoms with Crippen LogP contribution in [0.5, 0.6) is 5.75 Å². The molecule has 1 saturated heterocycles. The third-order valence-corrected chi connectivity index (χ3v) is 5.20. The largest absolute Gasteiger partial charge is 0.491 e. The first-order valence-corrected chi connectivity index (χ1v) is 11.5. The van der Waals surface area contributed by atoms with Crippen molar-refractivity contribution in [2.45, 2.75) is 65.2 Å². The molecule has 1 N–H and O–H groups in total. The van der Waals surface area contributed by atoms with E-state index in [4.69, 9.17) is 24.2 Å². The molecule has 0 spiro atoms. The molecule has 0 aromatic heterocycles. The Morgan fingerprint density at radius 1 is 0.853 bits per heavy atom. The van der Waals surface area contributed by atoms with Crippen molar-refractivity contribution in [3.05, 3.63) is 28.8 Å². The molecule has 9 nitrogen and oxygen atoms in total. The Balaban J connectivity index is 2.26. The topological polar surface area (TPSA) is 112 Å². The van der Waals surface area contributed by atoms with E-state index in [1.807, 2.05) is 41.5 Å². The molecule has 2 amide bonds. The van der Waals surface area contributed by atoms with E-state index in [0.717, 1.165) is 11.1 Å². The highest BCUT2D eigenvalue weighted by Gasteiger charge is 2.35. The van der Waals surface area contributed by atoms with Crippen LogP contribution < -0.4 is 4.74 Å². The molecule has 1 aliphatic heterocycles. The Kier molecular flexibility index (Phi) is 9.61. The van der Waals surface area contributed by atoms with E-state index in [1.54, 1.807) is 12.1 Å². The zero-order chi connectivity index (χ0) is 25.5. The van der Waals surface area contributed by atoms with Gasteiger partial charge < -0.3 is 24.2 Å². The first-order valence-electron chi connectivity index (χ1n) is 11.5. The Morgan fingerprint density at radius 2 is 1.32 bits per heavy atom. The maximum absolute atomic E-state index is 12.9. The van der Waals surface area contributed by atoms with Crippen molar-refractivity contribution in [3.8, 4) is 5.75 Å². The Hall–Kier alpha value is -2.49. The summed E-state index contributed by atoms with van der Waals surface area (Å²) in [6.07, 6.45) is 0.0734. The van der Waals surface area contributed by atoms with Gasteiger partial charge in [-0.3, -0.25) is 9.59 Å². The predicted molar refractivity (Wildman–Crippen MR) is 125 cm³/mol. The molecule has 0 radical (unpaired) electrons. The van der Waals surface area contributed by atoms with Crippen molar-refractivity contribution in [1.82, 2.24) is 5.06 Å². The number of carbonyl (C=O) groups excluding carboxylic acids is 3. The standard InChI is InChI=1S/C25H37NO8/c1-24(2,3)18-15-17(23(30)34-26-20(28)7-8-21(26)29)16-19(25(4,5)6)22(18)33-14-13-32-12-11-31-10-9-27/h15-16,27H,7-14H2,1-6H3. The zero-order valence-electron chi connectivity index (χ0n) is 21.1. The van der Waals surface area contributed by atoms with Gasteiger partial charge in [-0.2, -0.15) is 0 Å². The van der Waals surface area contributed by atoms with Gasteiger partial charge in [-0.1, -0.05) is 41.5 Å². The summed E-state index contributed by atoms with van der Waals surface area (Å²) in [7, 11) is 0. The summed E-state index contributed by atoms with van der Waals surface area (Å²) in [5.74, 6) is -1.14. The molecular weight excluding hydrogens is 442 g/mol. The summed E-state index contributed by atoms with van der Waals surface area (Å²) in [6.45, 7) is 13.8. The van der Waals surface area contributed by atoms with Gasteiger partial charge in [0.25, 0.3) is 11.8 Å². The van der Waals surface area contributed by atoms with Crippen molar-refractivity contribution >= 4 is 17.8 Å². The highest BCUT2D eigenvalue weighted by Crippen LogP contribution is 2.41. The number of imide groups is 1. The van der Waals surface area contributed by atoms with Gasteiger partial charge >= 0.3 is 5.97 Å². The van der Waals surface area contributed by atoms with Crippen molar-refractivity contribution < 1.29 is 38.5 Å². The molecule has 0 bridgehead atoms. The monoisotopic (exact) mass is 479 g/mol. The molecule has 1 aromatic carbocycles. The van der Waals surface area contributed by atoms with Crippen LogP contribution in [-0.2, 0) is 34.7 Å². The average molecular weight is 480 g/mol. The molecule has 1 heterocycles. The van der Waals surface area contributed by atoms with Crippen LogP contribution in [0.15, 0.2) is 12.1 Å². The summed E-state index contributed by atoms with van der Waals surface area (Å²) >= 11 is 0. The maximum atomic E-state index is 12.9. The third kappa shape index (κ3) is 7.51. The van der Waals surface area contributed by atoms with E-state index in [-0.39, 0.29) is 42.4 Å². The lowest BCUT2D eigenvalue weighted by atomic mass is 9.78. The van der Waals surface area contributed by atoms with Crippen molar-refractivity contribution in [2.24, 2.45) is 0 Å². The fourth-order valence-electron chi connectivity index (χ4n) is 3.40. The number of aliphatic hydroxyl groups is 1. The number of hydroxylamine groups is 2. The van der Waals surface area contributed by atoms with Crippen molar-refractivity contribution in [2.75, 3.05) is 39.6 Å². The number of rotatable bonds is 11. The van der Waals surface area contributed by atoms with E-state index in [2.05, 4.69) is 0 Å². The van der Waals surface area contributed by atoms with Crippen LogP contribution in [0, 0.1) is 0 Å². The maximum Gasteiger partial charge on any atom is 0.363 e. The second kappa shape index (κ2) is 11.8. The molecule has 1 fully saturated rings. The minimum absolute atomic E-state index is 0.0253. The molecule has 1 aromatic rings. The van der Waals surface area contributed by atoms with Gasteiger partial charge in [0.05, 0.1) is 38.6 Å². The van der Waals surface area contributed by atoms with E-state index < -0.39 is 17.8 Å². The number of amides is 2. The van der Waals surface area contributed by atoms with Crippen LogP contribution in [0.1, 0.15) is 75.9 Å². The van der Waals surface area contributed by atoms with Crippen LogP contribution in [0.3, 0.4) is 0 Å². The number of ether oxygens (including phenoxy) is 3. The lowest BCUT2D eigenvalue weighted by Crippen LogP contribution is -2.32. The fraction of sp³-hybridized carbons (Fsp3) is 0.640. The number of aliphatic hydroxyl groups excluding tert-OH is 1. The fourth-order valence-corrected chi connectivity index (χ4v) is 3.40. The van der Waals surface area contributed by atoms with Gasteiger partial charge in [0.2, 0.25) is 0 Å². The van der Waals surface area contributed by atoms with E-state index in [0.29, 0.717) is 37.2 Å². The summed E-state index contributed by atoms with van der Waals surface area (Å²) < 4.78 is 16.9. The molecule has 190 valence electrons. The van der Waals surface area contributed by atoms with Crippen LogP contribution in [0.4, 0.5) is 0 Å². The van der Waals surface area contributed by atoms with Gasteiger partial charge in [-0.15, -0.1) is 5.06 Å². The van der Waals surface area contributed by atoms with Gasteiger partial charge in [0.1, 0.15) is 12.4 Å². The lowest BCUT2D eigenvalue weighted by molar-refractivity contribution is -0.172. The molecule has 1 aliphatic rings. The summed E-state index contributed by atoms with van der Waals surface area (Å²) in [4.78, 5) is 41.8. The average Bonchev–Trinajstić information content (AvgIpc) is 3.05. The second-order valence-electron chi connectivity index (χ2n) is 10.2. The van der Waals surface area contributed by atoms with Gasteiger partial charge in [0, 0.05) is 24.0 Å². The third-order valence-electron chi connectivity index (χ3n) is 5.20. The van der Waals surface area contributed by atoms with E-state index in [9.17, 15) is 14.4 Å². The quantitative estimate of drug-likeness (QED) is 0.381. The van der Waals surface area contributed by atoms with Crippen molar-refractivity contribution in [3.63, 3.8) is 0 Å². The lowest BCUT2D eigenvalue weighted by Gasteiger charge is -2.30. The minimum atomic E-state index is -0.766. The smallest absolute Gasteiger partial charge is 0.363 e. The minimum Gasteiger partial charge on any atom is -0.491 e. The summed E-state index contributed by atoms with van der Waals surface area (Å²) in [5.41, 5.74) is 1.11. The van der Waals surface area contributed by atoms with Gasteiger partial charge in [-0.25, -0.2) is 4.79 Å². The van der Waals surface area contributed by atoms with E-state index >= 15 is 0 Å². The number of hydrogen-bond acceptors (Lipinski definition) is 8. The Morgan fingerprint density at radius 3 is 1.79 bits per heavy atom. The second-order valence-corrected chi connectivity index (χ2v) is 10.2. The van der Waals surface area contributed by atoms with Gasteiger partial charge in [0.15, 0.2) is 0 Å². The molecule has 34 heavy (non-hydrogen) atoms. The number of nitrogens with zero attached hydrogens (tertiary/aromatic N) is 1. The first-order chi connectivity index (χ1) is 15.9. The molecular formula is C25H37NO8. The highest BCUT2D eigenvalue weighted by molar-refractivity contribution is 6.02. The number of carbonyl (C=O) groups is 3. The van der Waals surface area contributed by atoms with E-state index in [1.165, 1.54) is 0 Å². The molecule has 0 atom stereocenters. The van der Waals surface area contributed by atoms with Crippen LogP contribution in [0.2, 0.25) is 0 Å². The van der Waals surface area contributed by atoms with Crippen molar-refractivity contribution in [1.29, 1.82) is 0 Å². The molecule has 2 rings (SSSR count). The summed E-state index contributed by atoms with van der Waals surface area (Å²) in [6, 6.07) is 3.39. The van der Waals surface area contributed by atoms with Gasteiger partial charge in [-0.05, 0) is 23.0 Å². The first kappa shape index (κ1) is 27.8. The van der Waals surface area contributed by atoms with Crippen LogP contribution in [-0.4, -0.2) is 67.6 Å². The normalized spacial score (nSPS) is 14.6. The predicted octanol–water partition coefficient (Wildman–Crippen LogP) is 2.91. The number of hydrogen-bond donors (Lipinski definition) is 1. The molecule has 0 unspecified atom stereocenters. The highest BCUT2D eigenvalue weighted by atomic mass is 16.7. The molecule has 0 saturated carbocycles. The summed E-state index contributed by atoms with van der Waals surface area (Å²) in [5, 5.41) is 9.27. The Labute approximate surface area is 201 Å². The molecule has 0 aliphatic carbocycles. The Bertz CT molecular complexity index is 831. The molecule has 9 heteroatoms.